The number of hydrogen-bond acceptors (Lipinski definition) is 4. The largest absolute Gasteiger partial charge is 0.459 e. The molecule has 4 heteroatoms. The fourth-order valence-electron chi connectivity index (χ4n) is 0.721. The highest BCUT2D eigenvalue weighted by molar-refractivity contribution is 5.73. The summed E-state index contributed by atoms with van der Waals surface area (Å²) in [6.07, 6.45) is -0.196. The van der Waals surface area contributed by atoms with Gasteiger partial charge >= 0.3 is 5.97 Å². The van der Waals surface area contributed by atoms with Gasteiger partial charge in [-0.15, -0.1) is 0 Å². The Labute approximate surface area is 79.2 Å². The van der Waals surface area contributed by atoms with E-state index in [4.69, 9.17) is 14.2 Å². The predicted octanol–water partition coefficient (Wildman–Crippen LogP) is 1.34. The number of rotatable bonds is 6. The van der Waals surface area contributed by atoms with Crippen LogP contribution >= 0.6 is 0 Å². The zero-order valence-electron chi connectivity index (χ0n) is 8.70. The molecule has 0 heterocycles. The summed E-state index contributed by atoms with van der Waals surface area (Å²) in [5.41, 5.74) is 0. The van der Waals surface area contributed by atoms with Crippen molar-refractivity contribution < 1.29 is 19.0 Å². The Hall–Kier alpha value is -0.610. The van der Waals surface area contributed by atoms with Gasteiger partial charge in [0.1, 0.15) is 0 Å². The maximum atomic E-state index is 11.3. The number of carbonyl (C=O) groups excluding carboxylic acids is 1. The van der Waals surface area contributed by atoms with Crippen LogP contribution in [0.25, 0.3) is 0 Å². The minimum absolute atomic E-state index is 0.0920. The lowest BCUT2D eigenvalue weighted by molar-refractivity contribution is -0.192. The molecule has 0 rings (SSSR count). The monoisotopic (exact) mass is 190 g/mol. The Balaban J connectivity index is 3.90. The topological polar surface area (TPSA) is 44.8 Å². The Morgan fingerprint density at radius 1 is 1.38 bits per heavy atom. The Morgan fingerprint density at radius 2 is 2.00 bits per heavy atom. The number of methoxy groups -OCH3 is 1. The molecule has 0 aromatic rings. The van der Waals surface area contributed by atoms with Crippen molar-refractivity contribution in [3.8, 4) is 0 Å². The molecular weight excluding hydrogens is 172 g/mol. The summed E-state index contributed by atoms with van der Waals surface area (Å²) in [6.45, 7) is 5.99. The molecular formula is C9H18O4. The Morgan fingerprint density at radius 3 is 2.38 bits per heavy atom. The van der Waals surface area contributed by atoms with Gasteiger partial charge in [-0.3, -0.25) is 0 Å². The molecule has 13 heavy (non-hydrogen) atoms. The van der Waals surface area contributed by atoms with Gasteiger partial charge in [-0.05, 0) is 20.3 Å². The summed E-state index contributed by atoms with van der Waals surface area (Å²) >= 11 is 0. The third kappa shape index (κ3) is 4.85. The number of carbonyl (C=O) groups is 1. The second-order valence-electron chi connectivity index (χ2n) is 2.68. The van der Waals surface area contributed by atoms with Gasteiger partial charge in [0, 0.05) is 13.7 Å². The van der Waals surface area contributed by atoms with E-state index in [0.717, 1.165) is 6.42 Å². The first kappa shape index (κ1) is 12.4. The van der Waals surface area contributed by atoms with E-state index >= 15 is 0 Å². The SMILES string of the molecule is CCOC(OC)C(=O)OC(C)CC. The first-order chi connectivity index (χ1) is 6.15. The first-order valence-corrected chi connectivity index (χ1v) is 4.50. The molecule has 0 fully saturated rings. The normalized spacial score (nSPS) is 15.1. The molecule has 0 aromatic heterocycles. The van der Waals surface area contributed by atoms with E-state index in [0.29, 0.717) is 6.61 Å². The third-order valence-electron chi connectivity index (χ3n) is 1.62. The van der Waals surface area contributed by atoms with Crippen molar-refractivity contribution in [2.24, 2.45) is 0 Å². The second kappa shape index (κ2) is 6.86. The van der Waals surface area contributed by atoms with Crippen molar-refractivity contribution in [2.75, 3.05) is 13.7 Å². The first-order valence-electron chi connectivity index (χ1n) is 4.50. The van der Waals surface area contributed by atoms with Crippen LogP contribution in [0, 0.1) is 0 Å². The molecule has 0 spiro atoms. The molecule has 2 unspecified atom stereocenters. The van der Waals surface area contributed by atoms with E-state index in [-0.39, 0.29) is 6.10 Å². The van der Waals surface area contributed by atoms with Crippen molar-refractivity contribution in [3.05, 3.63) is 0 Å². The lowest BCUT2D eigenvalue weighted by Gasteiger charge is -2.16. The predicted molar refractivity (Wildman–Crippen MR) is 48.3 cm³/mol. The van der Waals surface area contributed by atoms with Gasteiger partial charge < -0.3 is 14.2 Å². The van der Waals surface area contributed by atoms with Crippen molar-refractivity contribution in [1.82, 2.24) is 0 Å². The van der Waals surface area contributed by atoms with Crippen LogP contribution in [0.15, 0.2) is 0 Å². The van der Waals surface area contributed by atoms with Crippen molar-refractivity contribution in [2.45, 2.75) is 39.6 Å². The smallest absolute Gasteiger partial charge is 0.363 e. The van der Waals surface area contributed by atoms with E-state index in [1.54, 1.807) is 6.92 Å². The quantitative estimate of drug-likeness (QED) is 0.468. The summed E-state index contributed by atoms with van der Waals surface area (Å²) in [5, 5.41) is 0. The van der Waals surface area contributed by atoms with Crippen LogP contribution < -0.4 is 0 Å². The zero-order chi connectivity index (χ0) is 10.3. The summed E-state index contributed by atoms with van der Waals surface area (Å²) in [6, 6.07) is 0. The van der Waals surface area contributed by atoms with E-state index in [1.165, 1.54) is 7.11 Å². The van der Waals surface area contributed by atoms with Gasteiger partial charge in [0.25, 0.3) is 6.29 Å². The number of esters is 1. The summed E-state index contributed by atoms with van der Waals surface area (Å²) in [7, 11) is 1.41. The highest BCUT2D eigenvalue weighted by Crippen LogP contribution is 2.02. The fraction of sp³-hybridized carbons (Fsp3) is 0.889. The van der Waals surface area contributed by atoms with Crippen LogP contribution in [0.2, 0.25) is 0 Å². The van der Waals surface area contributed by atoms with Gasteiger partial charge in [-0.25, -0.2) is 4.79 Å². The summed E-state index contributed by atoms with van der Waals surface area (Å²) < 4.78 is 14.8. The molecule has 0 aliphatic carbocycles. The molecule has 0 amide bonds. The third-order valence-corrected chi connectivity index (χ3v) is 1.62. The molecule has 4 nitrogen and oxygen atoms in total. The molecule has 0 saturated heterocycles. The van der Waals surface area contributed by atoms with Crippen LogP contribution in [0.3, 0.4) is 0 Å². The van der Waals surface area contributed by atoms with Crippen LogP contribution in [-0.2, 0) is 19.0 Å². The lowest BCUT2D eigenvalue weighted by Crippen LogP contribution is -2.30. The molecule has 0 saturated carbocycles. The number of ether oxygens (including phenoxy) is 3. The van der Waals surface area contributed by atoms with Gasteiger partial charge in [0.2, 0.25) is 0 Å². The van der Waals surface area contributed by atoms with Gasteiger partial charge in [-0.1, -0.05) is 6.92 Å². The van der Waals surface area contributed by atoms with Crippen LogP contribution in [0.4, 0.5) is 0 Å². The molecule has 0 N–H and O–H groups in total. The highest BCUT2D eigenvalue weighted by Gasteiger charge is 2.20. The van der Waals surface area contributed by atoms with Gasteiger partial charge in [0.05, 0.1) is 6.10 Å². The highest BCUT2D eigenvalue weighted by atomic mass is 16.7. The average molecular weight is 190 g/mol. The van der Waals surface area contributed by atoms with E-state index in [9.17, 15) is 4.79 Å². The lowest BCUT2D eigenvalue weighted by atomic mass is 10.3. The fourth-order valence-corrected chi connectivity index (χ4v) is 0.721. The van der Waals surface area contributed by atoms with Crippen molar-refractivity contribution >= 4 is 5.97 Å². The van der Waals surface area contributed by atoms with Gasteiger partial charge in [0.15, 0.2) is 0 Å². The Kier molecular flexibility index (Phi) is 6.54. The van der Waals surface area contributed by atoms with Crippen LogP contribution in [0.1, 0.15) is 27.2 Å². The standard InChI is InChI=1S/C9H18O4/c1-5-7(3)13-8(10)9(11-4)12-6-2/h7,9H,5-6H2,1-4H3. The van der Waals surface area contributed by atoms with Gasteiger partial charge in [-0.2, -0.15) is 0 Å². The maximum absolute atomic E-state index is 11.3. The molecule has 0 aliphatic rings. The van der Waals surface area contributed by atoms with E-state index in [1.807, 2.05) is 13.8 Å². The zero-order valence-corrected chi connectivity index (χ0v) is 8.70. The van der Waals surface area contributed by atoms with E-state index < -0.39 is 12.3 Å². The van der Waals surface area contributed by atoms with Crippen molar-refractivity contribution in [3.63, 3.8) is 0 Å². The second-order valence-corrected chi connectivity index (χ2v) is 2.68. The van der Waals surface area contributed by atoms with Crippen LogP contribution in [-0.4, -0.2) is 32.1 Å². The number of hydrogen-bond donors (Lipinski definition) is 0. The minimum atomic E-state index is -0.890. The average Bonchev–Trinajstić information content (AvgIpc) is 2.13. The van der Waals surface area contributed by atoms with Crippen LogP contribution in [0.5, 0.6) is 0 Å². The molecule has 2 atom stereocenters. The minimum Gasteiger partial charge on any atom is -0.459 e. The molecule has 78 valence electrons. The summed E-state index contributed by atoms with van der Waals surface area (Å²) in [5.74, 6) is -0.460. The summed E-state index contributed by atoms with van der Waals surface area (Å²) in [4.78, 5) is 11.3. The molecule has 0 aliphatic heterocycles. The molecule has 0 radical (unpaired) electrons. The maximum Gasteiger partial charge on any atom is 0.363 e. The van der Waals surface area contributed by atoms with Crippen molar-refractivity contribution in [1.29, 1.82) is 0 Å². The Bertz CT molecular complexity index is 147. The molecule has 0 bridgehead atoms. The van der Waals surface area contributed by atoms with E-state index in [2.05, 4.69) is 0 Å². The molecule has 0 aromatic carbocycles.